The van der Waals surface area contributed by atoms with Crippen molar-refractivity contribution in [3.63, 3.8) is 0 Å². The van der Waals surface area contributed by atoms with Gasteiger partial charge in [0.15, 0.2) is 0 Å². The second-order valence-corrected chi connectivity index (χ2v) is 17.0. The normalized spacial score (nSPS) is 23.5. The van der Waals surface area contributed by atoms with E-state index in [1.54, 1.807) is 10.9 Å². The van der Waals surface area contributed by atoms with Crippen LogP contribution in [-0.2, 0) is 22.9 Å². The molecule has 3 aromatic rings. The van der Waals surface area contributed by atoms with Crippen molar-refractivity contribution in [1.82, 2.24) is 0 Å². The number of benzene rings is 3. The van der Waals surface area contributed by atoms with Crippen LogP contribution in [0.1, 0.15) is 34.1 Å². The molecule has 0 heterocycles. The molecular formula is C30H27HfP. The van der Waals surface area contributed by atoms with E-state index in [0.29, 0.717) is 3.67 Å². The third-order valence-corrected chi connectivity index (χ3v) is 17.6. The Bertz CT molecular complexity index is 1150. The third-order valence-electron chi connectivity index (χ3n) is 7.08. The average molecular weight is 597 g/mol. The van der Waals surface area contributed by atoms with E-state index < -0.39 is 30.8 Å². The average Bonchev–Trinajstić information content (AvgIpc) is 3.43. The van der Waals surface area contributed by atoms with E-state index in [0.717, 1.165) is 9.59 Å². The summed E-state index contributed by atoms with van der Waals surface area (Å²) in [6, 6.07) is 31.8. The van der Waals surface area contributed by atoms with Crippen LogP contribution >= 0.6 is 7.92 Å². The zero-order valence-electron chi connectivity index (χ0n) is 18.2. The van der Waals surface area contributed by atoms with Crippen LogP contribution in [0.4, 0.5) is 0 Å². The molecule has 32 heavy (non-hydrogen) atoms. The van der Waals surface area contributed by atoms with Crippen LogP contribution in [0.2, 0.25) is 3.67 Å². The predicted octanol–water partition coefficient (Wildman–Crippen LogP) is 7.38. The Hall–Kier alpha value is -1.82. The fraction of sp³-hybridized carbons (Fsp3) is 0.200. The Kier molecular flexibility index (Phi) is 5.97. The molecule has 0 aromatic heterocycles. The van der Waals surface area contributed by atoms with E-state index in [4.69, 9.17) is 0 Å². The summed E-state index contributed by atoms with van der Waals surface area (Å²) in [4.78, 5) is 0. The summed E-state index contributed by atoms with van der Waals surface area (Å²) in [5, 5.41) is 4.70. The molecule has 0 N–H and O–H groups in total. The van der Waals surface area contributed by atoms with Crippen LogP contribution < -0.4 is 10.6 Å². The SMILES string of the molecule is C1=CCC2CC[CH]([Hf][CH]3C(P(c4ccccc4)c4ccccc4)=Cc4ccccc43)C2=C1. The summed E-state index contributed by atoms with van der Waals surface area (Å²) in [6.07, 6.45) is 13.9. The van der Waals surface area contributed by atoms with Gasteiger partial charge in [0, 0.05) is 0 Å². The maximum absolute atomic E-state index is 2.58. The standard InChI is InChI=1S/C21H16P.C9H11.Hf/c1-3-11-19(12-4-1)22(20-13-5-2-6-14-20)21-15-17-9-7-8-10-18(17)16-21;1-2-5-9-7-3-6-8(9)4-1;/h1-16H;1-2,4,6,9H,3,5,7H2;. The minimum absolute atomic E-state index is 0.501. The summed E-state index contributed by atoms with van der Waals surface area (Å²) >= 11 is -1.01. The first-order chi connectivity index (χ1) is 15.9. The molecule has 3 unspecified atom stereocenters. The van der Waals surface area contributed by atoms with E-state index in [-0.39, 0.29) is 0 Å². The van der Waals surface area contributed by atoms with Crippen molar-refractivity contribution in [2.75, 3.05) is 0 Å². The molecule has 0 saturated heterocycles. The van der Waals surface area contributed by atoms with Gasteiger partial charge >= 0.3 is 205 Å². The number of hydrogen-bond donors (Lipinski definition) is 0. The Morgan fingerprint density at radius 3 is 2.19 bits per heavy atom. The van der Waals surface area contributed by atoms with Crippen molar-refractivity contribution >= 4 is 24.6 Å². The molecule has 156 valence electrons. The van der Waals surface area contributed by atoms with Gasteiger partial charge in [0.1, 0.15) is 0 Å². The van der Waals surface area contributed by atoms with Crippen LogP contribution in [0, 0.1) is 5.92 Å². The van der Waals surface area contributed by atoms with Crippen LogP contribution in [-0.4, -0.2) is 0 Å². The first kappa shape index (κ1) is 20.8. The van der Waals surface area contributed by atoms with Gasteiger partial charge < -0.3 is 0 Å². The molecule has 0 spiro atoms. The third kappa shape index (κ3) is 3.89. The number of fused-ring (bicyclic) bond motifs is 2. The van der Waals surface area contributed by atoms with E-state index in [9.17, 15) is 0 Å². The zero-order chi connectivity index (χ0) is 21.3. The molecule has 3 aliphatic rings. The summed E-state index contributed by atoms with van der Waals surface area (Å²) in [6.45, 7) is 0. The van der Waals surface area contributed by atoms with Crippen molar-refractivity contribution < 1.29 is 22.9 Å². The zero-order valence-corrected chi connectivity index (χ0v) is 22.7. The van der Waals surface area contributed by atoms with Gasteiger partial charge in [0.05, 0.1) is 0 Å². The van der Waals surface area contributed by atoms with Crippen molar-refractivity contribution in [2.45, 2.75) is 26.6 Å². The molecule has 3 aromatic carbocycles. The maximum atomic E-state index is 2.58. The molecule has 0 bridgehead atoms. The summed E-state index contributed by atoms with van der Waals surface area (Å²) in [5.41, 5.74) is 4.91. The second-order valence-electron chi connectivity index (χ2n) is 8.96. The van der Waals surface area contributed by atoms with Crippen LogP contribution in [0.5, 0.6) is 0 Å². The molecular weight excluding hydrogens is 570 g/mol. The van der Waals surface area contributed by atoms with Gasteiger partial charge in [0.25, 0.3) is 0 Å². The number of rotatable bonds is 5. The topological polar surface area (TPSA) is 0 Å². The molecule has 0 amide bonds. The molecule has 1 saturated carbocycles. The van der Waals surface area contributed by atoms with Crippen molar-refractivity contribution in [3.8, 4) is 0 Å². The quantitative estimate of drug-likeness (QED) is 0.213. The summed E-state index contributed by atoms with van der Waals surface area (Å²) < 4.78 is 1.61. The van der Waals surface area contributed by atoms with Gasteiger partial charge in [-0.3, -0.25) is 0 Å². The fourth-order valence-corrected chi connectivity index (χ4v) is 17.1. The molecule has 2 heteroatoms. The van der Waals surface area contributed by atoms with E-state index >= 15 is 0 Å². The van der Waals surface area contributed by atoms with Gasteiger partial charge in [0.2, 0.25) is 0 Å². The van der Waals surface area contributed by atoms with Crippen molar-refractivity contribution in [3.05, 3.63) is 125 Å². The first-order valence-electron chi connectivity index (χ1n) is 11.7. The van der Waals surface area contributed by atoms with Crippen LogP contribution in [0.25, 0.3) is 6.08 Å². The monoisotopic (exact) mass is 598 g/mol. The molecule has 0 radical (unpaired) electrons. The van der Waals surface area contributed by atoms with E-state index in [2.05, 4.69) is 109 Å². The predicted molar refractivity (Wildman–Crippen MR) is 135 cm³/mol. The Balaban J connectivity index is 1.43. The molecule has 6 rings (SSSR count). The molecule has 0 aliphatic heterocycles. The van der Waals surface area contributed by atoms with E-state index in [1.807, 2.05) is 5.57 Å². The number of allylic oxidation sites excluding steroid dienone is 5. The van der Waals surface area contributed by atoms with Crippen molar-refractivity contribution in [2.24, 2.45) is 5.92 Å². The minimum atomic E-state index is -1.01. The summed E-state index contributed by atoms with van der Waals surface area (Å²) in [5.74, 6) is 0.839. The van der Waals surface area contributed by atoms with Gasteiger partial charge in [-0.25, -0.2) is 0 Å². The van der Waals surface area contributed by atoms with Crippen LogP contribution in [0.3, 0.4) is 0 Å². The van der Waals surface area contributed by atoms with Gasteiger partial charge in [-0.05, 0) is 0 Å². The van der Waals surface area contributed by atoms with Gasteiger partial charge in [-0.1, -0.05) is 0 Å². The van der Waals surface area contributed by atoms with Crippen LogP contribution in [0.15, 0.2) is 114 Å². The number of hydrogen-bond acceptors (Lipinski definition) is 0. The Labute approximate surface area is 204 Å². The van der Waals surface area contributed by atoms with Gasteiger partial charge in [-0.15, -0.1) is 0 Å². The molecule has 1 fully saturated rings. The van der Waals surface area contributed by atoms with Gasteiger partial charge in [-0.2, -0.15) is 0 Å². The molecule has 0 nitrogen and oxygen atoms in total. The Morgan fingerprint density at radius 1 is 0.750 bits per heavy atom. The Morgan fingerprint density at radius 2 is 1.44 bits per heavy atom. The molecule has 3 aliphatic carbocycles. The van der Waals surface area contributed by atoms with Crippen molar-refractivity contribution in [1.29, 1.82) is 0 Å². The summed E-state index contributed by atoms with van der Waals surface area (Å²) in [7, 11) is -0.501. The van der Waals surface area contributed by atoms with E-state index in [1.165, 1.54) is 35.4 Å². The second kappa shape index (κ2) is 9.20. The first-order valence-corrected chi connectivity index (χ1v) is 17.2. The molecule has 3 atom stereocenters. The fourth-order valence-electron chi connectivity index (χ4n) is 5.57.